The van der Waals surface area contributed by atoms with Gasteiger partial charge >= 0.3 is 5.97 Å². The standard InChI is InChI=1S/C49H98O8Si4/c1-15-16-17-18-19-20-21-25-31-47(56-60(9,10)11)45-35-33-43(52-45)44-34-36-46(53-44)48(57-61(12,13)14)32-27-26-29-41(54-58(3,4)5)28-23-22-24-30-42(55-59(6,7)8)38-40-37-39(2)51-49(40)50/h37,39,41-48H,15-36,38H2,1-14H3/t39-,41+,42+,43+,44+,45+,46+,47+,48+/m0/s1. The van der Waals surface area contributed by atoms with Crippen molar-refractivity contribution in [3.8, 4) is 0 Å². The van der Waals surface area contributed by atoms with E-state index in [0.29, 0.717) is 12.5 Å². The van der Waals surface area contributed by atoms with E-state index >= 15 is 0 Å². The molecule has 0 saturated carbocycles. The molecule has 9 atom stereocenters. The van der Waals surface area contributed by atoms with Crippen molar-refractivity contribution in [3.63, 3.8) is 0 Å². The quantitative estimate of drug-likeness (QED) is 0.0366. The SMILES string of the molecule is CCCCCCCCCC[C@@H](O[Si](C)(C)C)[C@H]1CC[C@H]([C@H]2CC[C@H]([C@@H](CCCC[C@@H](CCCCC[C@H](CC3=C[C@H](C)OC3=O)O[Si](C)(C)C)O[Si](C)(C)C)O[Si](C)(C)C)O2)O1. The summed E-state index contributed by atoms with van der Waals surface area (Å²) in [5.74, 6) is -0.172. The van der Waals surface area contributed by atoms with Gasteiger partial charge in [0.1, 0.15) is 6.10 Å². The van der Waals surface area contributed by atoms with E-state index in [-0.39, 0.29) is 54.8 Å². The first-order valence-electron chi connectivity index (χ1n) is 25.4. The van der Waals surface area contributed by atoms with Gasteiger partial charge in [-0.3, -0.25) is 0 Å². The van der Waals surface area contributed by atoms with Crippen molar-refractivity contribution in [3.05, 3.63) is 11.6 Å². The van der Waals surface area contributed by atoms with Crippen LogP contribution in [0.4, 0.5) is 0 Å². The third kappa shape index (κ3) is 24.3. The highest BCUT2D eigenvalue weighted by Crippen LogP contribution is 2.37. The van der Waals surface area contributed by atoms with E-state index in [4.69, 9.17) is 31.9 Å². The van der Waals surface area contributed by atoms with Crippen LogP contribution >= 0.6 is 0 Å². The molecule has 0 N–H and O–H groups in total. The molecule has 3 heterocycles. The summed E-state index contributed by atoms with van der Waals surface area (Å²) in [4.78, 5) is 12.3. The Labute approximate surface area is 381 Å². The van der Waals surface area contributed by atoms with Gasteiger partial charge in [0.25, 0.3) is 0 Å². The fraction of sp³-hybridized carbons (Fsp3) is 0.939. The number of rotatable bonds is 33. The van der Waals surface area contributed by atoms with E-state index in [0.717, 1.165) is 95.5 Å². The second-order valence-corrected chi connectivity index (χ2v) is 40.9. The molecular weight excluding hydrogens is 829 g/mol. The molecule has 0 radical (unpaired) electrons. The molecule has 2 fully saturated rings. The second-order valence-electron chi connectivity index (χ2n) is 23.0. The van der Waals surface area contributed by atoms with Gasteiger partial charge in [-0.15, -0.1) is 0 Å². The van der Waals surface area contributed by atoms with Crippen molar-refractivity contribution in [2.24, 2.45) is 0 Å². The Bertz CT molecular complexity index is 1250. The summed E-state index contributed by atoms with van der Waals surface area (Å²) in [6.07, 6.45) is 29.9. The molecule has 0 spiro atoms. The molecule has 2 saturated heterocycles. The third-order valence-corrected chi connectivity index (χ3v) is 16.2. The Morgan fingerprint density at radius 1 is 0.525 bits per heavy atom. The largest absolute Gasteiger partial charge is 0.455 e. The highest BCUT2D eigenvalue weighted by Gasteiger charge is 2.43. The Hall–Kier alpha value is -0.162. The zero-order valence-electron chi connectivity index (χ0n) is 42.3. The highest BCUT2D eigenvalue weighted by atomic mass is 28.4. The van der Waals surface area contributed by atoms with Crippen molar-refractivity contribution < 1.29 is 36.7 Å². The van der Waals surface area contributed by atoms with Crippen LogP contribution in [0.1, 0.15) is 162 Å². The smallest absolute Gasteiger partial charge is 0.334 e. The highest BCUT2D eigenvalue weighted by molar-refractivity contribution is 6.70. The van der Waals surface area contributed by atoms with Crippen LogP contribution in [0, 0.1) is 0 Å². The van der Waals surface area contributed by atoms with Gasteiger partial charge in [-0.2, -0.15) is 0 Å². The Kier molecular flexibility index (Phi) is 24.3. The molecular formula is C49H98O8Si4. The summed E-state index contributed by atoms with van der Waals surface area (Å²) in [5, 5.41) is 0. The third-order valence-electron chi connectivity index (χ3n) is 12.1. The van der Waals surface area contributed by atoms with Crippen LogP contribution in [0.5, 0.6) is 0 Å². The van der Waals surface area contributed by atoms with Gasteiger partial charge in [0.05, 0.1) is 36.6 Å². The number of carbonyl (C=O) groups excluding carboxylic acids is 1. The number of cyclic esters (lactones) is 1. The van der Waals surface area contributed by atoms with Crippen LogP contribution in [0.15, 0.2) is 11.6 Å². The zero-order chi connectivity index (χ0) is 45.3. The van der Waals surface area contributed by atoms with Gasteiger partial charge in [-0.05, 0) is 149 Å². The van der Waals surface area contributed by atoms with E-state index in [1.807, 2.05) is 13.0 Å². The van der Waals surface area contributed by atoms with Crippen LogP contribution in [-0.4, -0.2) is 94.2 Å². The summed E-state index contributed by atoms with van der Waals surface area (Å²) in [7, 11) is -6.89. The minimum absolute atomic E-state index is 0.0778. The van der Waals surface area contributed by atoms with Gasteiger partial charge in [0.2, 0.25) is 0 Å². The maximum Gasteiger partial charge on any atom is 0.334 e. The first-order valence-corrected chi connectivity index (χ1v) is 39.1. The van der Waals surface area contributed by atoms with Gasteiger partial charge in [0, 0.05) is 24.2 Å². The molecule has 61 heavy (non-hydrogen) atoms. The zero-order valence-corrected chi connectivity index (χ0v) is 46.3. The Morgan fingerprint density at radius 2 is 0.902 bits per heavy atom. The molecule has 12 heteroatoms. The summed E-state index contributed by atoms with van der Waals surface area (Å²) in [5.41, 5.74) is 0.786. The van der Waals surface area contributed by atoms with E-state index in [2.05, 4.69) is 85.5 Å². The summed E-state index contributed by atoms with van der Waals surface area (Å²) in [6, 6.07) is 0. The molecule has 0 unspecified atom stereocenters. The average molecular weight is 928 g/mol. The lowest BCUT2D eigenvalue weighted by Gasteiger charge is -2.32. The van der Waals surface area contributed by atoms with E-state index in [1.54, 1.807) is 0 Å². The molecule has 3 aliphatic rings. The average Bonchev–Trinajstić information content (AvgIpc) is 3.88. The maximum atomic E-state index is 12.3. The fourth-order valence-corrected chi connectivity index (χ4v) is 14.4. The lowest BCUT2D eigenvalue weighted by atomic mass is 9.99. The number of carbonyl (C=O) groups is 1. The Balaban J connectivity index is 1.47. The lowest BCUT2D eigenvalue weighted by Crippen LogP contribution is -2.41. The van der Waals surface area contributed by atoms with Gasteiger partial charge in [-0.25, -0.2) is 4.79 Å². The predicted molar refractivity (Wildman–Crippen MR) is 266 cm³/mol. The van der Waals surface area contributed by atoms with Crippen molar-refractivity contribution in [2.75, 3.05) is 0 Å². The van der Waals surface area contributed by atoms with Crippen molar-refractivity contribution in [1.29, 1.82) is 0 Å². The molecule has 8 nitrogen and oxygen atoms in total. The van der Waals surface area contributed by atoms with E-state index < -0.39 is 33.3 Å². The summed E-state index contributed by atoms with van der Waals surface area (Å²) >= 11 is 0. The normalized spacial score (nSPS) is 24.9. The number of ether oxygens (including phenoxy) is 3. The molecule has 358 valence electrons. The molecule has 0 bridgehead atoms. The van der Waals surface area contributed by atoms with Crippen LogP contribution in [-0.2, 0) is 36.7 Å². The number of unbranched alkanes of at least 4 members (excludes halogenated alkanes) is 10. The van der Waals surface area contributed by atoms with Gasteiger partial charge in [0.15, 0.2) is 33.3 Å². The first-order chi connectivity index (χ1) is 28.5. The van der Waals surface area contributed by atoms with Crippen LogP contribution in [0.2, 0.25) is 78.6 Å². The van der Waals surface area contributed by atoms with Gasteiger partial charge in [-0.1, -0.05) is 90.4 Å². The molecule has 3 rings (SSSR count). The number of hydrogen-bond acceptors (Lipinski definition) is 8. The molecule has 0 amide bonds. The lowest BCUT2D eigenvalue weighted by molar-refractivity contribution is -0.139. The summed E-state index contributed by atoms with van der Waals surface area (Å²) in [6.45, 7) is 31.8. The second kappa shape index (κ2) is 26.8. The predicted octanol–water partition coefficient (Wildman–Crippen LogP) is 14.3. The Morgan fingerprint density at radius 3 is 1.34 bits per heavy atom. The molecule has 0 aromatic heterocycles. The van der Waals surface area contributed by atoms with Crippen molar-refractivity contribution in [1.82, 2.24) is 0 Å². The molecule has 0 aromatic rings. The summed E-state index contributed by atoms with van der Waals surface area (Å²) < 4.78 is 46.3. The van der Waals surface area contributed by atoms with Crippen LogP contribution < -0.4 is 0 Å². The van der Waals surface area contributed by atoms with E-state index in [9.17, 15) is 4.79 Å². The fourth-order valence-electron chi connectivity index (χ4n) is 9.63. The van der Waals surface area contributed by atoms with Crippen molar-refractivity contribution >= 4 is 39.2 Å². The van der Waals surface area contributed by atoms with Crippen LogP contribution in [0.3, 0.4) is 0 Å². The minimum atomic E-state index is -1.77. The molecule has 3 aliphatic heterocycles. The molecule has 0 aliphatic carbocycles. The maximum absolute atomic E-state index is 12.3. The number of esters is 1. The first kappa shape index (κ1) is 55.2. The van der Waals surface area contributed by atoms with Gasteiger partial charge < -0.3 is 31.9 Å². The minimum Gasteiger partial charge on any atom is -0.455 e. The van der Waals surface area contributed by atoms with Crippen molar-refractivity contribution in [2.45, 2.75) is 295 Å². The van der Waals surface area contributed by atoms with E-state index in [1.165, 1.54) is 51.4 Å². The van der Waals surface area contributed by atoms with Crippen LogP contribution in [0.25, 0.3) is 0 Å². The molecule has 0 aromatic carbocycles. The topological polar surface area (TPSA) is 81.7 Å². The monoisotopic (exact) mass is 927 g/mol. The number of hydrogen-bond donors (Lipinski definition) is 0.